The van der Waals surface area contributed by atoms with Gasteiger partial charge in [-0.25, -0.2) is 14.4 Å². The third kappa shape index (κ3) is 3.63. The number of morpholine rings is 1. The van der Waals surface area contributed by atoms with Crippen LogP contribution >= 0.6 is 0 Å². The highest BCUT2D eigenvalue weighted by atomic mass is 19.4. The molecule has 1 atom stereocenters. The van der Waals surface area contributed by atoms with Gasteiger partial charge >= 0.3 is 6.18 Å². The molecule has 0 spiro atoms. The highest BCUT2D eigenvalue weighted by molar-refractivity contribution is 5.98. The monoisotopic (exact) mass is 459 g/mol. The molecule has 2 aromatic heterocycles. The number of carbonyl (C=O) groups is 1. The highest BCUT2D eigenvalue weighted by Crippen LogP contribution is 2.33. The number of amides is 1. The number of benzene rings is 2. The summed E-state index contributed by atoms with van der Waals surface area (Å²) in [7, 11) is 0. The number of fused-ring (bicyclic) bond motifs is 3. The van der Waals surface area contributed by atoms with Crippen molar-refractivity contribution in [1.82, 2.24) is 19.3 Å². The van der Waals surface area contributed by atoms with E-state index in [0.717, 1.165) is 18.2 Å². The standard InChI is InChI=1S/C22H17F4N5O2/c23-15-8-16-17(31-11-28-9-18(31)20(27)29-16)7-14(15)21(32)30-5-6-33-10-19(30)12-1-3-13(4-2-12)22(24,25)26/h1-4,7-9,11,19H,5-6,10H2,(H2,27,29). The minimum absolute atomic E-state index is 0.0795. The van der Waals surface area contributed by atoms with Gasteiger partial charge in [0, 0.05) is 12.6 Å². The molecule has 7 nitrogen and oxygen atoms in total. The summed E-state index contributed by atoms with van der Waals surface area (Å²) < 4.78 is 60.8. The Morgan fingerprint density at radius 2 is 1.91 bits per heavy atom. The fourth-order valence-corrected chi connectivity index (χ4v) is 4.03. The van der Waals surface area contributed by atoms with Gasteiger partial charge < -0.3 is 15.4 Å². The molecule has 1 aliphatic heterocycles. The molecule has 3 heterocycles. The fraction of sp³-hybridized carbons (Fsp3) is 0.227. The molecule has 4 aromatic rings. The number of hydrogen-bond acceptors (Lipinski definition) is 5. The minimum Gasteiger partial charge on any atom is -0.382 e. The van der Waals surface area contributed by atoms with Crippen LogP contribution in [0.4, 0.5) is 23.4 Å². The van der Waals surface area contributed by atoms with Gasteiger partial charge in [-0.2, -0.15) is 13.2 Å². The molecule has 2 aromatic carbocycles. The van der Waals surface area contributed by atoms with Crippen molar-refractivity contribution in [3.63, 3.8) is 0 Å². The maximum absolute atomic E-state index is 15.0. The van der Waals surface area contributed by atoms with E-state index in [0.29, 0.717) is 16.6 Å². The first-order valence-corrected chi connectivity index (χ1v) is 10.0. The second kappa shape index (κ2) is 7.69. The maximum atomic E-state index is 15.0. The number of rotatable bonds is 2. The first-order chi connectivity index (χ1) is 15.7. The number of alkyl halides is 3. The number of carbonyl (C=O) groups excluding carboxylic acids is 1. The third-order valence-electron chi connectivity index (χ3n) is 5.71. The number of anilines is 1. The molecule has 2 N–H and O–H groups in total. The summed E-state index contributed by atoms with van der Waals surface area (Å²) in [5, 5.41) is 0. The van der Waals surface area contributed by atoms with Crippen molar-refractivity contribution in [3.8, 4) is 0 Å². The Balaban J connectivity index is 1.54. The summed E-state index contributed by atoms with van der Waals surface area (Å²) in [6.45, 7) is 0.459. The van der Waals surface area contributed by atoms with Crippen LogP contribution in [0.3, 0.4) is 0 Å². The molecule has 1 fully saturated rings. The Labute approximate surface area is 184 Å². The summed E-state index contributed by atoms with van der Waals surface area (Å²) in [4.78, 5) is 23.0. The molecular formula is C22H17F4N5O2. The van der Waals surface area contributed by atoms with Crippen LogP contribution in [0.1, 0.15) is 27.5 Å². The Hall–Kier alpha value is -3.73. The zero-order valence-electron chi connectivity index (χ0n) is 17.0. The fourth-order valence-electron chi connectivity index (χ4n) is 4.03. The lowest BCUT2D eigenvalue weighted by Crippen LogP contribution is -2.43. The number of hydrogen-bond donors (Lipinski definition) is 1. The minimum atomic E-state index is -4.47. The summed E-state index contributed by atoms with van der Waals surface area (Å²) in [5.41, 5.74) is 6.59. The average molecular weight is 459 g/mol. The van der Waals surface area contributed by atoms with E-state index >= 15 is 0 Å². The zero-order valence-corrected chi connectivity index (χ0v) is 17.0. The Kier molecular flexibility index (Phi) is 4.93. The van der Waals surface area contributed by atoms with Crippen LogP contribution in [-0.2, 0) is 10.9 Å². The van der Waals surface area contributed by atoms with E-state index in [1.165, 1.54) is 35.6 Å². The quantitative estimate of drug-likeness (QED) is 0.461. The third-order valence-corrected chi connectivity index (χ3v) is 5.71. The lowest BCUT2D eigenvalue weighted by atomic mass is 10.0. The molecule has 0 saturated carbocycles. The van der Waals surface area contributed by atoms with Crippen molar-refractivity contribution < 1.29 is 27.1 Å². The van der Waals surface area contributed by atoms with Gasteiger partial charge in [-0.3, -0.25) is 9.20 Å². The van der Waals surface area contributed by atoms with Gasteiger partial charge in [0.15, 0.2) is 0 Å². The normalized spacial score (nSPS) is 17.1. The number of imidazole rings is 1. The van der Waals surface area contributed by atoms with Crippen LogP contribution in [0.5, 0.6) is 0 Å². The van der Waals surface area contributed by atoms with Crippen LogP contribution in [-0.4, -0.2) is 44.9 Å². The van der Waals surface area contributed by atoms with Crippen LogP contribution < -0.4 is 5.73 Å². The summed E-state index contributed by atoms with van der Waals surface area (Å²) >= 11 is 0. The Morgan fingerprint density at radius 3 is 2.64 bits per heavy atom. The van der Waals surface area contributed by atoms with Gasteiger partial charge in [0.25, 0.3) is 5.91 Å². The van der Waals surface area contributed by atoms with Crippen molar-refractivity contribution >= 4 is 28.3 Å². The van der Waals surface area contributed by atoms with E-state index in [1.807, 2.05) is 0 Å². The number of nitrogens with zero attached hydrogens (tertiary/aromatic N) is 4. The van der Waals surface area contributed by atoms with E-state index in [4.69, 9.17) is 10.5 Å². The molecule has 11 heteroatoms. The molecule has 0 aliphatic carbocycles. The SMILES string of the molecule is Nc1nc2cc(F)c(C(=O)N3CCOCC3c3ccc(C(F)(F)F)cc3)cc2n2cncc12. The number of nitrogen functional groups attached to an aromatic ring is 1. The van der Waals surface area contributed by atoms with E-state index in [1.54, 1.807) is 4.40 Å². The van der Waals surface area contributed by atoms with Gasteiger partial charge in [0.1, 0.15) is 17.2 Å². The molecule has 1 saturated heterocycles. The first-order valence-electron chi connectivity index (χ1n) is 10.0. The molecule has 1 unspecified atom stereocenters. The second-order valence-corrected chi connectivity index (χ2v) is 7.68. The van der Waals surface area contributed by atoms with Crippen molar-refractivity contribution in [2.24, 2.45) is 0 Å². The molecule has 0 bridgehead atoms. The van der Waals surface area contributed by atoms with Gasteiger partial charge in [0.05, 0.1) is 53.9 Å². The number of ether oxygens (including phenoxy) is 1. The topological polar surface area (TPSA) is 85.8 Å². The summed E-state index contributed by atoms with van der Waals surface area (Å²) in [5.74, 6) is -1.21. The predicted molar refractivity (Wildman–Crippen MR) is 111 cm³/mol. The zero-order chi connectivity index (χ0) is 23.3. The maximum Gasteiger partial charge on any atom is 0.416 e. The van der Waals surface area contributed by atoms with E-state index in [9.17, 15) is 22.4 Å². The summed E-state index contributed by atoms with van der Waals surface area (Å²) in [6, 6.07) is 6.37. The highest BCUT2D eigenvalue weighted by Gasteiger charge is 2.33. The van der Waals surface area contributed by atoms with Crippen LogP contribution in [0.25, 0.3) is 16.6 Å². The average Bonchev–Trinajstić information content (AvgIpc) is 3.29. The Bertz CT molecular complexity index is 1370. The van der Waals surface area contributed by atoms with Gasteiger partial charge in [0.2, 0.25) is 0 Å². The Morgan fingerprint density at radius 1 is 1.15 bits per heavy atom. The first kappa shape index (κ1) is 21.1. The van der Waals surface area contributed by atoms with Crippen LogP contribution in [0, 0.1) is 5.82 Å². The van der Waals surface area contributed by atoms with E-state index < -0.39 is 29.5 Å². The molecule has 1 amide bonds. The van der Waals surface area contributed by atoms with E-state index in [-0.39, 0.29) is 36.7 Å². The molecule has 0 radical (unpaired) electrons. The molecule has 33 heavy (non-hydrogen) atoms. The molecular weight excluding hydrogens is 442 g/mol. The van der Waals surface area contributed by atoms with Gasteiger partial charge in [-0.15, -0.1) is 0 Å². The van der Waals surface area contributed by atoms with Crippen LogP contribution in [0.2, 0.25) is 0 Å². The van der Waals surface area contributed by atoms with Gasteiger partial charge in [-0.1, -0.05) is 12.1 Å². The number of aromatic nitrogens is 3. The predicted octanol–water partition coefficient (Wildman–Crippen LogP) is 3.84. The second-order valence-electron chi connectivity index (χ2n) is 7.68. The van der Waals surface area contributed by atoms with E-state index in [2.05, 4.69) is 9.97 Å². The van der Waals surface area contributed by atoms with Crippen molar-refractivity contribution in [3.05, 3.63) is 71.4 Å². The van der Waals surface area contributed by atoms with Crippen molar-refractivity contribution in [2.45, 2.75) is 12.2 Å². The number of halogens is 4. The van der Waals surface area contributed by atoms with Gasteiger partial charge in [-0.05, 0) is 23.8 Å². The summed E-state index contributed by atoms with van der Waals surface area (Å²) in [6.07, 6.45) is -1.47. The largest absolute Gasteiger partial charge is 0.416 e. The molecule has 170 valence electrons. The van der Waals surface area contributed by atoms with Crippen molar-refractivity contribution in [2.75, 3.05) is 25.5 Å². The molecule has 1 aliphatic rings. The number of nitrogens with two attached hydrogens (primary N) is 1. The smallest absolute Gasteiger partial charge is 0.382 e. The molecule has 5 rings (SSSR count). The van der Waals surface area contributed by atoms with Crippen molar-refractivity contribution in [1.29, 1.82) is 0 Å². The van der Waals surface area contributed by atoms with Crippen LogP contribution in [0.15, 0.2) is 48.9 Å². The lowest BCUT2D eigenvalue weighted by molar-refractivity contribution is -0.137. The lowest BCUT2D eigenvalue weighted by Gasteiger charge is -2.36.